The van der Waals surface area contributed by atoms with Gasteiger partial charge in [0, 0.05) is 13.6 Å². The Morgan fingerprint density at radius 3 is 2.44 bits per heavy atom. The first-order valence-electron chi connectivity index (χ1n) is 5.61. The normalized spacial score (nSPS) is 11.7. The highest BCUT2D eigenvalue weighted by atomic mass is 35.5. The molecule has 0 radical (unpaired) electrons. The zero-order valence-electron chi connectivity index (χ0n) is 10.7. The van der Waals surface area contributed by atoms with Crippen molar-refractivity contribution < 1.29 is 13.2 Å². The number of aromatic nitrogens is 2. The monoisotopic (exact) mass is 285 g/mol. The molecule has 1 heterocycles. The lowest BCUT2D eigenvalue weighted by atomic mass is 10.1. The summed E-state index contributed by atoms with van der Waals surface area (Å²) in [5, 5.41) is 6.91. The van der Waals surface area contributed by atoms with Crippen molar-refractivity contribution in [2.75, 3.05) is 6.54 Å². The number of aryl methyl sites for hydroxylation is 1. The molecule has 1 N–H and O–H groups in total. The Bertz CT molecular complexity index is 361. The Labute approximate surface area is 111 Å². The molecular formula is C11H19ClF3N3. The molecule has 0 aliphatic rings. The van der Waals surface area contributed by atoms with E-state index in [1.165, 1.54) is 7.05 Å². The van der Waals surface area contributed by atoms with Crippen LogP contribution in [-0.2, 0) is 19.8 Å². The van der Waals surface area contributed by atoms with Crippen LogP contribution in [0.5, 0.6) is 0 Å². The molecule has 0 atom stereocenters. The summed E-state index contributed by atoms with van der Waals surface area (Å²) in [6.07, 6.45) is -3.34. The number of halogens is 4. The minimum Gasteiger partial charge on any atom is -0.311 e. The third-order valence-electron chi connectivity index (χ3n) is 2.43. The molecule has 0 bridgehead atoms. The lowest BCUT2D eigenvalue weighted by Crippen LogP contribution is -2.16. The molecule has 18 heavy (non-hydrogen) atoms. The molecule has 1 rings (SSSR count). The highest BCUT2D eigenvalue weighted by molar-refractivity contribution is 5.85. The molecular weight excluding hydrogens is 267 g/mol. The fourth-order valence-electron chi connectivity index (χ4n) is 1.49. The van der Waals surface area contributed by atoms with E-state index in [9.17, 15) is 13.2 Å². The van der Waals surface area contributed by atoms with Gasteiger partial charge in [0.25, 0.3) is 0 Å². The van der Waals surface area contributed by atoms with Crippen LogP contribution in [0.3, 0.4) is 0 Å². The topological polar surface area (TPSA) is 29.9 Å². The zero-order chi connectivity index (χ0) is 13.1. The first-order chi connectivity index (χ1) is 7.80. The summed E-state index contributed by atoms with van der Waals surface area (Å²) in [6, 6.07) is 1.09. The van der Waals surface area contributed by atoms with Crippen LogP contribution < -0.4 is 5.32 Å². The first-order valence-corrected chi connectivity index (χ1v) is 5.61. The Morgan fingerprint density at radius 2 is 2.00 bits per heavy atom. The van der Waals surface area contributed by atoms with Gasteiger partial charge in [0.05, 0.1) is 5.69 Å². The second kappa shape index (κ2) is 6.99. The minimum atomic E-state index is -4.34. The molecule has 7 heteroatoms. The lowest BCUT2D eigenvalue weighted by molar-refractivity contribution is -0.143. The predicted octanol–water partition coefficient (Wildman–Crippen LogP) is 3.00. The highest BCUT2D eigenvalue weighted by Gasteiger charge is 2.34. The number of hydrogen-bond donors (Lipinski definition) is 1. The summed E-state index contributed by atoms with van der Waals surface area (Å²) in [4.78, 5) is 0. The van der Waals surface area contributed by atoms with Crippen molar-refractivity contribution in [1.82, 2.24) is 15.1 Å². The van der Waals surface area contributed by atoms with E-state index in [1.807, 2.05) is 0 Å². The second-order valence-corrected chi connectivity index (χ2v) is 4.50. The Balaban J connectivity index is 0.00000289. The minimum absolute atomic E-state index is 0. The molecule has 0 spiro atoms. The number of nitrogens with zero attached hydrogens (tertiary/aromatic N) is 2. The van der Waals surface area contributed by atoms with Crippen LogP contribution in [0.1, 0.15) is 31.7 Å². The van der Waals surface area contributed by atoms with Gasteiger partial charge >= 0.3 is 6.18 Å². The van der Waals surface area contributed by atoms with E-state index >= 15 is 0 Å². The van der Waals surface area contributed by atoms with Crippen molar-refractivity contribution in [2.24, 2.45) is 13.0 Å². The largest absolute Gasteiger partial charge is 0.433 e. The fourth-order valence-corrected chi connectivity index (χ4v) is 1.49. The molecule has 0 unspecified atom stereocenters. The van der Waals surface area contributed by atoms with Gasteiger partial charge in [0.15, 0.2) is 0 Å². The quantitative estimate of drug-likeness (QED) is 0.843. The third kappa shape index (κ3) is 5.27. The van der Waals surface area contributed by atoms with Crippen molar-refractivity contribution in [3.8, 4) is 0 Å². The first kappa shape index (κ1) is 17.2. The fraction of sp³-hybridized carbons (Fsp3) is 0.727. The average Bonchev–Trinajstić information content (AvgIpc) is 2.53. The van der Waals surface area contributed by atoms with Gasteiger partial charge in [0.1, 0.15) is 5.69 Å². The molecule has 106 valence electrons. The molecule has 0 aromatic carbocycles. The Hall–Kier alpha value is -0.750. The van der Waals surface area contributed by atoms with Gasteiger partial charge in [-0.25, -0.2) is 0 Å². The van der Waals surface area contributed by atoms with Crippen LogP contribution in [0.4, 0.5) is 13.2 Å². The summed E-state index contributed by atoms with van der Waals surface area (Å²) in [5.41, 5.74) is -0.290. The Kier molecular flexibility index (Phi) is 6.70. The van der Waals surface area contributed by atoms with Crippen LogP contribution in [-0.4, -0.2) is 16.3 Å². The molecule has 3 nitrogen and oxygen atoms in total. The van der Waals surface area contributed by atoms with Crippen molar-refractivity contribution in [3.05, 3.63) is 17.5 Å². The molecule has 0 aliphatic heterocycles. The average molecular weight is 286 g/mol. The van der Waals surface area contributed by atoms with Crippen molar-refractivity contribution >= 4 is 12.4 Å². The number of hydrogen-bond acceptors (Lipinski definition) is 2. The smallest absolute Gasteiger partial charge is 0.311 e. The lowest BCUT2D eigenvalue weighted by Gasteiger charge is -2.04. The van der Waals surface area contributed by atoms with Crippen molar-refractivity contribution in [3.63, 3.8) is 0 Å². The van der Waals surface area contributed by atoms with Gasteiger partial charge < -0.3 is 5.32 Å². The van der Waals surface area contributed by atoms with E-state index in [0.717, 1.165) is 23.7 Å². The summed E-state index contributed by atoms with van der Waals surface area (Å²) in [6.45, 7) is 5.36. The van der Waals surface area contributed by atoms with Gasteiger partial charge in [-0.05, 0) is 24.9 Å². The van der Waals surface area contributed by atoms with E-state index in [2.05, 4.69) is 24.3 Å². The molecule has 0 saturated heterocycles. The summed E-state index contributed by atoms with van der Waals surface area (Å²) >= 11 is 0. The van der Waals surface area contributed by atoms with E-state index in [4.69, 9.17) is 0 Å². The third-order valence-corrected chi connectivity index (χ3v) is 2.43. The summed E-state index contributed by atoms with van der Waals surface area (Å²) in [7, 11) is 1.31. The summed E-state index contributed by atoms with van der Waals surface area (Å²) in [5.74, 6) is 0.581. The maximum absolute atomic E-state index is 12.5. The van der Waals surface area contributed by atoms with E-state index < -0.39 is 11.9 Å². The van der Waals surface area contributed by atoms with Gasteiger partial charge in [-0.3, -0.25) is 4.68 Å². The Morgan fingerprint density at radius 1 is 1.39 bits per heavy atom. The van der Waals surface area contributed by atoms with Crippen LogP contribution >= 0.6 is 12.4 Å². The van der Waals surface area contributed by atoms with Crippen LogP contribution in [0.25, 0.3) is 0 Å². The van der Waals surface area contributed by atoms with Gasteiger partial charge in [-0.1, -0.05) is 13.8 Å². The second-order valence-electron chi connectivity index (χ2n) is 4.50. The highest BCUT2D eigenvalue weighted by Crippen LogP contribution is 2.29. The molecule has 0 amide bonds. The summed E-state index contributed by atoms with van der Waals surface area (Å²) < 4.78 is 38.3. The molecule has 0 saturated carbocycles. The van der Waals surface area contributed by atoms with Crippen LogP contribution in [0, 0.1) is 5.92 Å². The van der Waals surface area contributed by atoms with Gasteiger partial charge in [-0.15, -0.1) is 12.4 Å². The maximum Gasteiger partial charge on any atom is 0.433 e. The molecule has 0 aliphatic carbocycles. The van der Waals surface area contributed by atoms with Gasteiger partial charge in [-0.2, -0.15) is 18.3 Å². The molecule has 0 fully saturated rings. The number of rotatable bonds is 5. The van der Waals surface area contributed by atoms with Gasteiger partial charge in [0.2, 0.25) is 0 Å². The van der Waals surface area contributed by atoms with E-state index in [1.54, 1.807) is 0 Å². The SMILES string of the molecule is CC(C)CCNCc1cc(C(F)(F)F)n(C)n1.Cl. The van der Waals surface area contributed by atoms with Crippen LogP contribution in [0.15, 0.2) is 6.07 Å². The molecule has 1 aromatic rings. The molecule has 1 aromatic heterocycles. The van der Waals surface area contributed by atoms with E-state index in [-0.39, 0.29) is 12.4 Å². The number of alkyl halides is 3. The van der Waals surface area contributed by atoms with Crippen LogP contribution in [0.2, 0.25) is 0 Å². The maximum atomic E-state index is 12.5. The van der Waals surface area contributed by atoms with E-state index in [0.29, 0.717) is 18.2 Å². The number of nitrogens with one attached hydrogen (secondary N) is 1. The standard InChI is InChI=1S/C11H18F3N3.ClH/c1-8(2)4-5-15-7-9-6-10(11(12,13)14)17(3)16-9;/h6,8,15H,4-5,7H2,1-3H3;1H. The predicted molar refractivity (Wildman–Crippen MR) is 66.6 cm³/mol. The van der Waals surface area contributed by atoms with Crippen molar-refractivity contribution in [2.45, 2.75) is 33.0 Å². The van der Waals surface area contributed by atoms with Crippen molar-refractivity contribution in [1.29, 1.82) is 0 Å². The zero-order valence-corrected chi connectivity index (χ0v) is 11.5.